The number of ether oxygens (including phenoxy) is 1. The van der Waals surface area contributed by atoms with E-state index in [4.69, 9.17) is 4.42 Å². The lowest BCUT2D eigenvalue weighted by molar-refractivity contribution is -0.148. The average molecular weight is 375 g/mol. The first-order chi connectivity index (χ1) is 12.4. The normalized spacial score (nSPS) is 17.0. The van der Waals surface area contributed by atoms with Crippen molar-refractivity contribution in [2.24, 2.45) is 0 Å². The van der Waals surface area contributed by atoms with Crippen LogP contribution in [0.5, 0.6) is 0 Å². The Morgan fingerprint density at radius 1 is 1.23 bits per heavy atom. The number of carbonyl (C=O) groups excluding carboxylic acids is 3. The first kappa shape index (κ1) is 17.9. The molecule has 0 spiro atoms. The van der Waals surface area contributed by atoms with Gasteiger partial charge in [-0.2, -0.15) is 0 Å². The Kier molecular flexibility index (Phi) is 4.94. The third kappa shape index (κ3) is 3.41. The van der Waals surface area contributed by atoms with E-state index in [1.165, 1.54) is 32.2 Å². The lowest BCUT2D eigenvalue weighted by Crippen LogP contribution is -2.42. The number of furan rings is 1. The van der Waals surface area contributed by atoms with E-state index in [1.54, 1.807) is 24.3 Å². The Bertz CT molecular complexity index is 903. The number of nitrogens with zero attached hydrogens (tertiary/aromatic N) is 1. The van der Waals surface area contributed by atoms with Crippen molar-refractivity contribution in [3.8, 4) is 11.3 Å². The first-order valence-electron chi connectivity index (χ1n) is 7.61. The van der Waals surface area contributed by atoms with E-state index in [1.807, 2.05) is 0 Å². The fourth-order valence-corrected chi connectivity index (χ4v) is 3.31. The van der Waals surface area contributed by atoms with Crippen molar-refractivity contribution in [2.75, 3.05) is 7.11 Å². The van der Waals surface area contributed by atoms with Crippen molar-refractivity contribution in [1.82, 2.24) is 4.90 Å². The van der Waals surface area contributed by atoms with Gasteiger partial charge in [0, 0.05) is 11.6 Å². The second kappa shape index (κ2) is 7.17. The van der Waals surface area contributed by atoms with Gasteiger partial charge in [-0.25, -0.2) is 9.18 Å². The molecule has 2 aromatic rings. The van der Waals surface area contributed by atoms with Crippen LogP contribution in [0.1, 0.15) is 12.7 Å². The maximum Gasteiger partial charge on any atom is 0.328 e. The van der Waals surface area contributed by atoms with Gasteiger partial charge in [0.05, 0.1) is 12.0 Å². The van der Waals surface area contributed by atoms with Crippen molar-refractivity contribution in [1.29, 1.82) is 0 Å². The number of hydrogen-bond donors (Lipinski definition) is 0. The van der Waals surface area contributed by atoms with Crippen LogP contribution < -0.4 is 0 Å². The zero-order valence-corrected chi connectivity index (χ0v) is 14.7. The molecule has 0 unspecified atom stereocenters. The zero-order chi connectivity index (χ0) is 18.8. The van der Waals surface area contributed by atoms with Crippen LogP contribution in [0.4, 0.5) is 9.18 Å². The number of benzene rings is 1. The number of methoxy groups -OCH3 is 1. The van der Waals surface area contributed by atoms with E-state index in [0.717, 1.165) is 16.7 Å². The first-order valence-corrected chi connectivity index (χ1v) is 8.43. The third-order valence-corrected chi connectivity index (χ3v) is 4.67. The maximum absolute atomic E-state index is 13.0. The van der Waals surface area contributed by atoms with Crippen LogP contribution >= 0.6 is 11.8 Å². The highest BCUT2D eigenvalue weighted by Crippen LogP contribution is 2.34. The second-order valence-electron chi connectivity index (χ2n) is 5.46. The van der Waals surface area contributed by atoms with Crippen LogP contribution in [0.3, 0.4) is 0 Å². The van der Waals surface area contributed by atoms with E-state index < -0.39 is 23.2 Å². The highest BCUT2D eigenvalue weighted by Gasteiger charge is 2.41. The maximum atomic E-state index is 13.0. The fraction of sp³-hybridized carbons (Fsp3) is 0.167. The van der Waals surface area contributed by atoms with E-state index in [0.29, 0.717) is 17.1 Å². The molecule has 3 rings (SSSR count). The molecular weight excluding hydrogens is 361 g/mol. The molecule has 0 radical (unpaired) electrons. The minimum absolute atomic E-state index is 0.144. The van der Waals surface area contributed by atoms with Crippen LogP contribution in [0.2, 0.25) is 0 Å². The van der Waals surface area contributed by atoms with Crippen molar-refractivity contribution >= 4 is 35.0 Å². The Morgan fingerprint density at radius 2 is 1.92 bits per heavy atom. The summed E-state index contributed by atoms with van der Waals surface area (Å²) < 4.78 is 23.2. The third-order valence-electron chi connectivity index (χ3n) is 3.78. The number of amides is 2. The summed E-state index contributed by atoms with van der Waals surface area (Å²) in [6.45, 7) is 1.42. The number of hydrogen-bond acceptors (Lipinski definition) is 6. The van der Waals surface area contributed by atoms with Gasteiger partial charge >= 0.3 is 5.97 Å². The molecule has 1 aliphatic heterocycles. The van der Waals surface area contributed by atoms with Gasteiger partial charge < -0.3 is 9.15 Å². The minimum atomic E-state index is -1.01. The Hall–Kier alpha value is -2.87. The van der Waals surface area contributed by atoms with Gasteiger partial charge in [0.2, 0.25) is 0 Å². The lowest BCUT2D eigenvalue weighted by Gasteiger charge is -2.18. The Morgan fingerprint density at radius 3 is 2.58 bits per heavy atom. The molecule has 0 aliphatic carbocycles. The fourth-order valence-electron chi connectivity index (χ4n) is 2.42. The highest BCUT2D eigenvalue weighted by molar-refractivity contribution is 8.18. The van der Waals surface area contributed by atoms with Crippen LogP contribution in [0.15, 0.2) is 45.7 Å². The van der Waals surface area contributed by atoms with Gasteiger partial charge in [-0.3, -0.25) is 14.5 Å². The van der Waals surface area contributed by atoms with Crippen molar-refractivity contribution in [2.45, 2.75) is 13.0 Å². The van der Waals surface area contributed by atoms with Crippen molar-refractivity contribution < 1.29 is 27.9 Å². The van der Waals surface area contributed by atoms with Gasteiger partial charge in [-0.1, -0.05) is 0 Å². The molecule has 1 aromatic heterocycles. The molecular formula is C18H14FNO5S. The van der Waals surface area contributed by atoms with Gasteiger partial charge in [0.15, 0.2) is 0 Å². The summed E-state index contributed by atoms with van der Waals surface area (Å²) in [4.78, 5) is 37.1. The van der Waals surface area contributed by atoms with Crippen LogP contribution in [-0.4, -0.2) is 35.2 Å². The summed E-state index contributed by atoms with van der Waals surface area (Å²) in [6.07, 6.45) is 1.43. The molecule has 1 atom stereocenters. The van der Waals surface area contributed by atoms with Gasteiger partial charge in [0.1, 0.15) is 23.4 Å². The van der Waals surface area contributed by atoms with E-state index >= 15 is 0 Å². The molecule has 0 saturated carbocycles. The summed E-state index contributed by atoms with van der Waals surface area (Å²) >= 11 is 0.721. The standard InChI is InChI=1S/C18H14FNO5S/c1-10(17(22)24-2)20-16(21)15(26-18(20)23)9-13-7-8-14(25-13)11-3-5-12(19)6-4-11/h3-10H,1-2H3/b15-9+/t10-/m1/s1. The Balaban J connectivity index is 1.83. The summed E-state index contributed by atoms with van der Waals surface area (Å²) in [5.41, 5.74) is 0.679. The molecule has 8 heteroatoms. The molecule has 1 fully saturated rings. The van der Waals surface area contributed by atoms with Crippen LogP contribution in [0.25, 0.3) is 17.4 Å². The molecule has 2 amide bonds. The van der Waals surface area contributed by atoms with Gasteiger partial charge in [-0.05, 0) is 55.1 Å². The monoisotopic (exact) mass is 375 g/mol. The van der Waals surface area contributed by atoms with Crippen molar-refractivity contribution in [3.63, 3.8) is 0 Å². The predicted molar refractivity (Wildman–Crippen MR) is 93.4 cm³/mol. The molecule has 26 heavy (non-hydrogen) atoms. The topological polar surface area (TPSA) is 76.8 Å². The second-order valence-corrected chi connectivity index (χ2v) is 6.45. The predicted octanol–water partition coefficient (Wildman–Crippen LogP) is 3.68. The summed E-state index contributed by atoms with van der Waals surface area (Å²) in [6, 6.07) is 8.09. The number of halogens is 1. The van der Waals surface area contributed by atoms with E-state index in [9.17, 15) is 18.8 Å². The molecule has 1 saturated heterocycles. The highest BCUT2D eigenvalue weighted by atomic mass is 32.2. The lowest BCUT2D eigenvalue weighted by atomic mass is 10.2. The van der Waals surface area contributed by atoms with Crippen molar-refractivity contribution in [3.05, 3.63) is 52.9 Å². The number of thioether (sulfide) groups is 1. The largest absolute Gasteiger partial charge is 0.467 e. The molecule has 134 valence electrons. The molecule has 2 heterocycles. The number of imide groups is 1. The average Bonchev–Trinajstić information content (AvgIpc) is 3.19. The minimum Gasteiger partial charge on any atom is -0.467 e. The summed E-state index contributed by atoms with van der Waals surface area (Å²) in [7, 11) is 1.19. The summed E-state index contributed by atoms with van der Waals surface area (Å²) in [5.74, 6) is -0.754. The van der Waals surface area contributed by atoms with Gasteiger partial charge in [0.25, 0.3) is 11.1 Å². The van der Waals surface area contributed by atoms with Gasteiger partial charge in [-0.15, -0.1) is 0 Å². The molecule has 1 aromatic carbocycles. The number of carbonyl (C=O) groups is 3. The molecule has 6 nitrogen and oxygen atoms in total. The quantitative estimate of drug-likeness (QED) is 0.599. The van der Waals surface area contributed by atoms with E-state index in [-0.39, 0.29) is 10.7 Å². The SMILES string of the molecule is COC(=O)[C@@H](C)N1C(=O)S/C(=C/c2ccc(-c3ccc(F)cc3)o2)C1=O. The Labute approximate surface area is 152 Å². The molecule has 0 N–H and O–H groups in total. The molecule has 1 aliphatic rings. The van der Waals surface area contributed by atoms with Crippen LogP contribution in [0, 0.1) is 5.82 Å². The van der Waals surface area contributed by atoms with Crippen LogP contribution in [-0.2, 0) is 14.3 Å². The molecule has 0 bridgehead atoms. The summed E-state index contributed by atoms with van der Waals surface area (Å²) in [5, 5.41) is -0.551. The zero-order valence-electron chi connectivity index (χ0n) is 13.9. The number of esters is 1. The smallest absolute Gasteiger partial charge is 0.328 e. The number of rotatable bonds is 4. The van der Waals surface area contributed by atoms with E-state index in [2.05, 4.69) is 4.74 Å².